The number of amides is 1. The molecule has 0 atom stereocenters. The van der Waals surface area contributed by atoms with Gasteiger partial charge in [0.2, 0.25) is 0 Å². The van der Waals surface area contributed by atoms with Crippen LogP contribution >= 0.6 is 0 Å². The van der Waals surface area contributed by atoms with Gasteiger partial charge < -0.3 is 4.74 Å². The van der Waals surface area contributed by atoms with Gasteiger partial charge in [0.05, 0.1) is 0 Å². The van der Waals surface area contributed by atoms with Crippen molar-refractivity contribution in [2.45, 2.75) is 71.8 Å². The minimum Gasteiger partial charge on any atom is -0.444 e. The Bertz CT molecular complexity index is 547. The molecule has 1 saturated carbocycles. The number of benzene rings is 1. The van der Waals surface area contributed by atoms with E-state index in [-0.39, 0.29) is 5.41 Å². The zero-order chi connectivity index (χ0) is 16.6. The van der Waals surface area contributed by atoms with E-state index in [1.807, 2.05) is 32.9 Å². The molecule has 22 heavy (non-hydrogen) atoms. The highest BCUT2D eigenvalue weighted by Crippen LogP contribution is 2.57. The average Bonchev–Trinajstić information content (AvgIpc) is 2.33. The number of hydrogen-bond donors (Lipinski definition) is 1. The van der Waals surface area contributed by atoms with Crippen molar-refractivity contribution >= 4 is 11.8 Å². The van der Waals surface area contributed by atoms with E-state index in [0.717, 1.165) is 12.1 Å². The fourth-order valence-corrected chi connectivity index (χ4v) is 3.79. The quantitative estimate of drug-likeness (QED) is 0.800. The van der Waals surface area contributed by atoms with Crippen LogP contribution in [0.1, 0.15) is 66.4 Å². The maximum absolute atomic E-state index is 11.9. The van der Waals surface area contributed by atoms with Crippen LogP contribution in [0.4, 0.5) is 10.5 Å². The largest absolute Gasteiger partial charge is 0.444 e. The van der Waals surface area contributed by atoms with E-state index in [2.05, 4.69) is 38.2 Å². The first-order chi connectivity index (χ1) is 10.1. The normalized spacial score (nSPS) is 19.2. The summed E-state index contributed by atoms with van der Waals surface area (Å²) in [5.41, 5.74) is 2.33. The molecule has 1 aliphatic rings. The predicted molar refractivity (Wildman–Crippen MR) is 91.3 cm³/mol. The summed E-state index contributed by atoms with van der Waals surface area (Å²) in [6.07, 6.45) is 3.13. The van der Waals surface area contributed by atoms with Gasteiger partial charge in [0.25, 0.3) is 0 Å². The summed E-state index contributed by atoms with van der Waals surface area (Å²) >= 11 is 0. The summed E-state index contributed by atoms with van der Waals surface area (Å²) in [6.45, 7) is 12.5. The van der Waals surface area contributed by atoms with Crippen LogP contribution in [0.5, 0.6) is 0 Å². The van der Waals surface area contributed by atoms with Gasteiger partial charge >= 0.3 is 6.09 Å². The van der Waals surface area contributed by atoms with Crippen LogP contribution in [0.25, 0.3) is 0 Å². The molecular formula is C19H29NO2. The maximum atomic E-state index is 11.9. The first-order valence-corrected chi connectivity index (χ1v) is 8.16. The number of anilines is 1. The van der Waals surface area contributed by atoms with Crippen molar-refractivity contribution in [2.24, 2.45) is 5.41 Å². The molecule has 1 N–H and O–H groups in total. The van der Waals surface area contributed by atoms with Gasteiger partial charge in [0.1, 0.15) is 5.60 Å². The van der Waals surface area contributed by atoms with Crippen molar-refractivity contribution in [1.29, 1.82) is 0 Å². The molecule has 1 amide bonds. The minimum absolute atomic E-state index is 0.259. The molecule has 2 rings (SSSR count). The Morgan fingerprint density at radius 1 is 1.27 bits per heavy atom. The molecule has 1 fully saturated rings. The Morgan fingerprint density at radius 2 is 1.91 bits per heavy atom. The molecule has 0 radical (unpaired) electrons. The Labute approximate surface area is 134 Å². The molecule has 1 aliphatic carbocycles. The number of ether oxygens (including phenoxy) is 1. The van der Waals surface area contributed by atoms with Crippen LogP contribution in [0.3, 0.4) is 0 Å². The van der Waals surface area contributed by atoms with E-state index in [1.54, 1.807) is 0 Å². The van der Waals surface area contributed by atoms with E-state index >= 15 is 0 Å². The lowest BCUT2D eigenvalue weighted by Gasteiger charge is -2.54. The molecule has 0 bridgehead atoms. The summed E-state index contributed by atoms with van der Waals surface area (Å²) < 4.78 is 5.32. The zero-order valence-corrected chi connectivity index (χ0v) is 14.7. The fourth-order valence-electron chi connectivity index (χ4n) is 3.79. The second-order valence-corrected chi connectivity index (χ2v) is 8.36. The van der Waals surface area contributed by atoms with Crippen LogP contribution in [0.2, 0.25) is 0 Å². The van der Waals surface area contributed by atoms with Crippen LogP contribution < -0.4 is 5.32 Å². The summed E-state index contributed by atoms with van der Waals surface area (Å²) in [5, 5.41) is 2.84. The summed E-state index contributed by atoms with van der Waals surface area (Å²) in [7, 11) is 0. The molecular weight excluding hydrogens is 274 g/mol. The monoisotopic (exact) mass is 303 g/mol. The van der Waals surface area contributed by atoms with Gasteiger partial charge in [-0.3, -0.25) is 5.32 Å². The highest BCUT2D eigenvalue weighted by molar-refractivity contribution is 5.85. The molecule has 0 heterocycles. The van der Waals surface area contributed by atoms with Crippen molar-refractivity contribution in [2.75, 3.05) is 5.32 Å². The number of hydrogen-bond acceptors (Lipinski definition) is 2. The Kier molecular flexibility index (Phi) is 4.29. The lowest BCUT2D eigenvalue weighted by Crippen LogP contribution is -2.46. The van der Waals surface area contributed by atoms with E-state index in [4.69, 9.17) is 4.74 Å². The van der Waals surface area contributed by atoms with Crippen LogP contribution in [0, 0.1) is 5.41 Å². The Hall–Kier alpha value is -1.51. The zero-order valence-electron chi connectivity index (χ0n) is 14.7. The lowest BCUT2D eigenvalue weighted by molar-refractivity contribution is 0.0533. The van der Waals surface area contributed by atoms with E-state index < -0.39 is 11.7 Å². The highest BCUT2D eigenvalue weighted by atomic mass is 16.6. The molecule has 0 saturated heterocycles. The van der Waals surface area contributed by atoms with Gasteiger partial charge in [-0.1, -0.05) is 32.9 Å². The number of rotatable bonds is 3. The first kappa shape index (κ1) is 16.9. The van der Waals surface area contributed by atoms with E-state index in [1.165, 1.54) is 18.4 Å². The maximum Gasteiger partial charge on any atom is 0.412 e. The molecule has 3 nitrogen and oxygen atoms in total. The minimum atomic E-state index is -0.482. The third kappa shape index (κ3) is 3.82. The van der Waals surface area contributed by atoms with Crippen molar-refractivity contribution in [3.05, 3.63) is 29.8 Å². The SMILES string of the molecule is CCC1(c2cccc(NC(=O)OC(C)(C)C)c2)CC(C)(C)C1. The van der Waals surface area contributed by atoms with Crippen LogP contribution in [-0.4, -0.2) is 11.7 Å². The van der Waals surface area contributed by atoms with Crippen molar-refractivity contribution in [3.63, 3.8) is 0 Å². The summed E-state index contributed by atoms with van der Waals surface area (Å²) in [4.78, 5) is 11.9. The topological polar surface area (TPSA) is 38.3 Å². The fraction of sp³-hybridized carbons (Fsp3) is 0.632. The average molecular weight is 303 g/mol. The molecule has 0 aromatic heterocycles. The smallest absolute Gasteiger partial charge is 0.412 e. The van der Waals surface area contributed by atoms with Crippen molar-refractivity contribution in [3.8, 4) is 0 Å². The molecule has 122 valence electrons. The second-order valence-electron chi connectivity index (χ2n) is 8.36. The molecule has 3 heteroatoms. The van der Waals surface area contributed by atoms with Crippen LogP contribution in [-0.2, 0) is 10.2 Å². The van der Waals surface area contributed by atoms with Gasteiger partial charge in [0.15, 0.2) is 0 Å². The van der Waals surface area contributed by atoms with Gasteiger partial charge in [-0.2, -0.15) is 0 Å². The van der Waals surface area contributed by atoms with Gasteiger partial charge in [0, 0.05) is 5.69 Å². The molecule has 0 spiro atoms. The van der Waals surface area contributed by atoms with Crippen molar-refractivity contribution < 1.29 is 9.53 Å². The molecule has 1 aromatic rings. The third-order valence-electron chi connectivity index (χ3n) is 4.43. The van der Waals surface area contributed by atoms with Gasteiger partial charge in [-0.15, -0.1) is 0 Å². The first-order valence-electron chi connectivity index (χ1n) is 8.16. The van der Waals surface area contributed by atoms with Crippen molar-refractivity contribution in [1.82, 2.24) is 0 Å². The standard InChI is InChI=1S/C19H29NO2/c1-7-19(12-18(5,6)13-19)14-9-8-10-15(11-14)20-16(21)22-17(2,3)4/h8-11H,7,12-13H2,1-6H3,(H,20,21). The van der Waals surface area contributed by atoms with E-state index in [0.29, 0.717) is 5.41 Å². The van der Waals surface area contributed by atoms with E-state index in [9.17, 15) is 4.79 Å². The predicted octanol–water partition coefficient (Wildman–Crippen LogP) is 5.50. The lowest BCUT2D eigenvalue weighted by atomic mass is 9.51. The Balaban J connectivity index is 2.12. The van der Waals surface area contributed by atoms with Gasteiger partial charge in [-0.05, 0) is 68.6 Å². The number of carbonyl (C=O) groups excluding carboxylic acids is 1. The molecule has 0 aliphatic heterocycles. The number of nitrogens with one attached hydrogen (secondary N) is 1. The Morgan fingerprint density at radius 3 is 2.41 bits per heavy atom. The summed E-state index contributed by atoms with van der Waals surface area (Å²) in [6, 6.07) is 8.22. The number of carbonyl (C=O) groups is 1. The van der Waals surface area contributed by atoms with Crippen LogP contribution in [0.15, 0.2) is 24.3 Å². The molecule has 1 aromatic carbocycles. The summed E-state index contributed by atoms with van der Waals surface area (Å²) in [5.74, 6) is 0. The molecule has 0 unspecified atom stereocenters. The highest BCUT2D eigenvalue weighted by Gasteiger charge is 2.48. The van der Waals surface area contributed by atoms with Gasteiger partial charge in [-0.25, -0.2) is 4.79 Å². The third-order valence-corrected chi connectivity index (χ3v) is 4.43. The second kappa shape index (κ2) is 5.60.